The lowest BCUT2D eigenvalue weighted by atomic mass is 10.1. The summed E-state index contributed by atoms with van der Waals surface area (Å²) in [6, 6.07) is 7.91. The monoisotopic (exact) mass is 291 g/mol. The van der Waals surface area contributed by atoms with Gasteiger partial charge in [0.05, 0.1) is 4.92 Å². The smallest absolute Gasteiger partial charge is 0.292 e. The fourth-order valence-corrected chi connectivity index (χ4v) is 2.43. The largest absolute Gasteiger partial charge is 0.393 e. The predicted molar refractivity (Wildman–Crippen MR) is 77.9 cm³/mol. The van der Waals surface area contributed by atoms with Crippen LogP contribution in [0.1, 0.15) is 15.2 Å². The molecule has 1 aromatic heterocycles. The van der Waals surface area contributed by atoms with E-state index < -0.39 is 4.92 Å². The van der Waals surface area contributed by atoms with E-state index in [9.17, 15) is 14.9 Å². The zero-order chi connectivity index (χ0) is 14.5. The van der Waals surface area contributed by atoms with E-state index in [1.54, 1.807) is 11.3 Å². The number of amides is 1. The highest BCUT2D eigenvalue weighted by Gasteiger charge is 2.14. The van der Waals surface area contributed by atoms with E-state index >= 15 is 0 Å². The molecule has 0 aliphatic rings. The van der Waals surface area contributed by atoms with Gasteiger partial charge in [-0.05, 0) is 30.0 Å². The third-order valence-electron chi connectivity index (χ3n) is 2.72. The Morgan fingerprint density at radius 2 is 2.20 bits per heavy atom. The molecule has 1 heterocycles. The number of carbonyl (C=O) groups excluding carboxylic acids is 1. The standard InChI is InChI=1S/C13H13N3O3S/c14-11-8-9(3-4-12(11)16(18)19)13(17)15-6-5-10-2-1-7-20-10/h1-4,7-8H,5-6,14H2,(H,15,17). The quantitative estimate of drug-likeness (QED) is 0.501. The number of benzene rings is 1. The van der Waals surface area contributed by atoms with Gasteiger partial charge >= 0.3 is 0 Å². The highest BCUT2D eigenvalue weighted by Crippen LogP contribution is 2.21. The number of rotatable bonds is 5. The summed E-state index contributed by atoms with van der Waals surface area (Å²) in [5.74, 6) is -0.289. The third-order valence-corrected chi connectivity index (χ3v) is 3.66. The van der Waals surface area contributed by atoms with E-state index in [1.165, 1.54) is 23.1 Å². The fourth-order valence-electron chi connectivity index (χ4n) is 1.72. The zero-order valence-electron chi connectivity index (χ0n) is 10.5. The number of hydrogen-bond acceptors (Lipinski definition) is 5. The highest BCUT2D eigenvalue weighted by molar-refractivity contribution is 7.09. The molecule has 1 aromatic carbocycles. The van der Waals surface area contributed by atoms with Gasteiger partial charge < -0.3 is 11.1 Å². The van der Waals surface area contributed by atoms with Crippen LogP contribution in [-0.2, 0) is 6.42 Å². The van der Waals surface area contributed by atoms with Gasteiger partial charge in [-0.25, -0.2) is 0 Å². The van der Waals surface area contributed by atoms with Crippen molar-refractivity contribution in [3.8, 4) is 0 Å². The lowest BCUT2D eigenvalue weighted by molar-refractivity contribution is -0.383. The van der Waals surface area contributed by atoms with E-state index in [4.69, 9.17) is 5.73 Å². The Kier molecular flexibility index (Phi) is 4.31. The molecular formula is C13H13N3O3S. The van der Waals surface area contributed by atoms with Crippen LogP contribution < -0.4 is 11.1 Å². The average Bonchev–Trinajstić information content (AvgIpc) is 2.91. The minimum Gasteiger partial charge on any atom is -0.393 e. The molecule has 0 atom stereocenters. The number of carbonyl (C=O) groups is 1. The maximum atomic E-state index is 11.9. The van der Waals surface area contributed by atoms with E-state index in [1.807, 2.05) is 17.5 Å². The van der Waals surface area contributed by atoms with Gasteiger partial charge in [0.2, 0.25) is 0 Å². The normalized spacial score (nSPS) is 10.2. The summed E-state index contributed by atoms with van der Waals surface area (Å²) in [4.78, 5) is 23.1. The Morgan fingerprint density at radius 1 is 1.40 bits per heavy atom. The van der Waals surface area contributed by atoms with Crippen LogP contribution in [0.2, 0.25) is 0 Å². The summed E-state index contributed by atoms with van der Waals surface area (Å²) >= 11 is 1.63. The molecule has 0 saturated carbocycles. The van der Waals surface area contributed by atoms with Crippen LogP contribution in [0.4, 0.5) is 11.4 Å². The number of nitrogen functional groups attached to an aromatic ring is 1. The first-order valence-corrected chi connectivity index (χ1v) is 6.80. The van der Waals surface area contributed by atoms with Crippen LogP contribution in [0.5, 0.6) is 0 Å². The Bertz CT molecular complexity index is 626. The number of nitrogens with two attached hydrogens (primary N) is 1. The summed E-state index contributed by atoms with van der Waals surface area (Å²) in [7, 11) is 0. The van der Waals surface area contributed by atoms with Crippen molar-refractivity contribution >= 4 is 28.6 Å². The number of anilines is 1. The summed E-state index contributed by atoms with van der Waals surface area (Å²) in [6.07, 6.45) is 0.756. The topological polar surface area (TPSA) is 98.3 Å². The van der Waals surface area contributed by atoms with Gasteiger partial charge in [0.25, 0.3) is 11.6 Å². The van der Waals surface area contributed by atoms with Crippen LogP contribution in [0.15, 0.2) is 35.7 Å². The molecule has 0 aliphatic heterocycles. The van der Waals surface area contributed by atoms with Crippen molar-refractivity contribution in [2.75, 3.05) is 12.3 Å². The van der Waals surface area contributed by atoms with Gasteiger partial charge in [0.15, 0.2) is 0 Å². The minimum absolute atomic E-state index is 0.0130. The van der Waals surface area contributed by atoms with E-state index in [0.717, 1.165) is 6.42 Å². The molecule has 0 radical (unpaired) electrons. The van der Waals surface area contributed by atoms with Gasteiger partial charge in [-0.1, -0.05) is 6.07 Å². The first kappa shape index (κ1) is 14.0. The maximum Gasteiger partial charge on any atom is 0.292 e. The van der Waals surface area contributed by atoms with Gasteiger partial charge in [-0.3, -0.25) is 14.9 Å². The minimum atomic E-state index is -0.576. The second-order valence-electron chi connectivity index (χ2n) is 4.12. The maximum absolute atomic E-state index is 11.9. The number of nitrogens with one attached hydrogen (secondary N) is 1. The second kappa shape index (κ2) is 6.16. The molecule has 2 aromatic rings. The molecule has 104 valence electrons. The Balaban J connectivity index is 1.95. The molecule has 20 heavy (non-hydrogen) atoms. The Hall–Kier alpha value is -2.41. The molecule has 0 bridgehead atoms. The molecule has 0 saturated heterocycles. The summed E-state index contributed by atoms with van der Waals surface area (Å²) in [5, 5.41) is 15.4. The van der Waals surface area contributed by atoms with Gasteiger partial charge in [-0.2, -0.15) is 0 Å². The van der Waals surface area contributed by atoms with Gasteiger partial charge in [0, 0.05) is 23.1 Å². The number of nitro groups is 1. The molecule has 0 fully saturated rings. The summed E-state index contributed by atoms with van der Waals surface area (Å²) in [6.45, 7) is 0.510. The van der Waals surface area contributed by atoms with Gasteiger partial charge in [0.1, 0.15) is 5.69 Å². The number of thiophene rings is 1. The molecule has 1 amide bonds. The molecule has 0 unspecified atom stereocenters. The van der Waals surface area contributed by atoms with E-state index in [2.05, 4.69) is 5.32 Å². The van der Waals surface area contributed by atoms with E-state index in [-0.39, 0.29) is 17.3 Å². The molecule has 6 nitrogen and oxygen atoms in total. The highest BCUT2D eigenvalue weighted by atomic mass is 32.1. The average molecular weight is 291 g/mol. The molecule has 0 aliphatic carbocycles. The Labute approximate surface area is 119 Å². The first-order valence-electron chi connectivity index (χ1n) is 5.92. The lowest BCUT2D eigenvalue weighted by Gasteiger charge is -2.05. The SMILES string of the molecule is Nc1cc(C(=O)NCCc2cccs2)ccc1[N+](=O)[O-]. The predicted octanol–water partition coefficient (Wildman–Crippen LogP) is 2.21. The van der Waals surface area contributed by atoms with Gasteiger partial charge in [-0.15, -0.1) is 11.3 Å². The second-order valence-corrected chi connectivity index (χ2v) is 5.15. The van der Waals surface area contributed by atoms with Crippen LogP contribution in [0.3, 0.4) is 0 Å². The molecule has 2 rings (SSSR count). The number of hydrogen-bond donors (Lipinski definition) is 2. The lowest BCUT2D eigenvalue weighted by Crippen LogP contribution is -2.25. The van der Waals surface area contributed by atoms with Crippen molar-refractivity contribution in [1.29, 1.82) is 0 Å². The fraction of sp³-hybridized carbons (Fsp3) is 0.154. The van der Waals surface area contributed by atoms with Crippen molar-refractivity contribution in [2.45, 2.75) is 6.42 Å². The van der Waals surface area contributed by atoms with Crippen molar-refractivity contribution in [2.24, 2.45) is 0 Å². The van der Waals surface area contributed by atoms with Crippen molar-refractivity contribution in [3.63, 3.8) is 0 Å². The Morgan fingerprint density at radius 3 is 2.80 bits per heavy atom. The summed E-state index contributed by atoms with van der Waals surface area (Å²) in [5.41, 5.74) is 5.66. The summed E-state index contributed by atoms with van der Waals surface area (Å²) < 4.78 is 0. The van der Waals surface area contributed by atoms with Crippen LogP contribution in [0, 0.1) is 10.1 Å². The van der Waals surface area contributed by atoms with Crippen LogP contribution >= 0.6 is 11.3 Å². The van der Waals surface area contributed by atoms with Crippen molar-refractivity contribution in [3.05, 3.63) is 56.3 Å². The van der Waals surface area contributed by atoms with Crippen molar-refractivity contribution < 1.29 is 9.72 Å². The van der Waals surface area contributed by atoms with E-state index in [0.29, 0.717) is 12.1 Å². The van der Waals surface area contributed by atoms with Crippen LogP contribution in [-0.4, -0.2) is 17.4 Å². The molecular weight excluding hydrogens is 278 g/mol. The molecule has 7 heteroatoms. The third kappa shape index (κ3) is 3.33. The first-order chi connectivity index (χ1) is 9.58. The number of nitro benzene ring substituents is 1. The molecule has 0 spiro atoms. The van der Waals surface area contributed by atoms with Crippen LogP contribution in [0.25, 0.3) is 0 Å². The van der Waals surface area contributed by atoms with Crippen molar-refractivity contribution in [1.82, 2.24) is 5.32 Å². The zero-order valence-corrected chi connectivity index (χ0v) is 11.4. The molecule has 3 N–H and O–H groups in total. The number of nitrogens with zero attached hydrogens (tertiary/aromatic N) is 1.